The minimum atomic E-state index is -0.496. The predicted octanol–water partition coefficient (Wildman–Crippen LogP) is 2.69. The quantitative estimate of drug-likeness (QED) is 0.848. The number of nitrogens with zero attached hydrogens (tertiary/aromatic N) is 1. The highest BCUT2D eigenvalue weighted by atomic mass is 16.3. The van der Waals surface area contributed by atoms with Gasteiger partial charge in [0.25, 0.3) is 0 Å². The van der Waals surface area contributed by atoms with Crippen molar-refractivity contribution in [3.63, 3.8) is 0 Å². The van der Waals surface area contributed by atoms with Crippen LogP contribution in [0, 0.1) is 5.92 Å². The third-order valence-corrected chi connectivity index (χ3v) is 4.65. The van der Waals surface area contributed by atoms with Crippen LogP contribution in [0.15, 0.2) is 24.3 Å². The Labute approximate surface area is 139 Å². The average Bonchev–Trinajstić information content (AvgIpc) is 2.55. The molecule has 1 amide bonds. The highest BCUT2D eigenvalue weighted by Gasteiger charge is 2.26. The largest absolute Gasteiger partial charge is 0.387 e. The first-order valence-electron chi connectivity index (χ1n) is 8.79. The number of β-amino-alcohol motifs (C(OH)–C–C–N with tert-alkyl or cyclic N) is 1. The van der Waals surface area contributed by atoms with Crippen molar-refractivity contribution >= 4 is 5.91 Å². The van der Waals surface area contributed by atoms with Gasteiger partial charge in [-0.25, -0.2) is 0 Å². The van der Waals surface area contributed by atoms with Crippen molar-refractivity contribution in [2.75, 3.05) is 26.2 Å². The molecule has 1 aliphatic heterocycles. The molecule has 4 nitrogen and oxygen atoms in total. The third-order valence-electron chi connectivity index (χ3n) is 4.65. The van der Waals surface area contributed by atoms with E-state index in [2.05, 4.69) is 36.2 Å². The van der Waals surface area contributed by atoms with Crippen LogP contribution in [0.5, 0.6) is 0 Å². The summed E-state index contributed by atoms with van der Waals surface area (Å²) in [4.78, 5) is 14.2. The first kappa shape index (κ1) is 18.0. The number of amides is 1. The van der Waals surface area contributed by atoms with Crippen LogP contribution in [0.1, 0.15) is 56.8 Å². The number of aliphatic hydroxyl groups excluding tert-OH is 1. The molecular formula is C19H30N2O2. The van der Waals surface area contributed by atoms with Crippen LogP contribution in [0.25, 0.3) is 0 Å². The summed E-state index contributed by atoms with van der Waals surface area (Å²) in [7, 11) is 0. The molecule has 0 bridgehead atoms. The molecule has 128 valence electrons. The number of aliphatic hydroxyl groups is 1. The average molecular weight is 318 g/mol. The Morgan fingerprint density at radius 2 is 1.96 bits per heavy atom. The number of carbonyl (C=O) groups excluding carboxylic acids is 1. The number of carbonyl (C=O) groups is 1. The van der Waals surface area contributed by atoms with Gasteiger partial charge in [-0.15, -0.1) is 0 Å². The lowest BCUT2D eigenvalue weighted by Gasteiger charge is -2.33. The zero-order valence-electron chi connectivity index (χ0n) is 14.6. The lowest BCUT2D eigenvalue weighted by molar-refractivity contribution is -0.126. The molecule has 1 aromatic carbocycles. The summed E-state index contributed by atoms with van der Waals surface area (Å²) >= 11 is 0. The van der Waals surface area contributed by atoms with Gasteiger partial charge in [-0.1, -0.05) is 38.1 Å². The Hall–Kier alpha value is -1.39. The lowest BCUT2D eigenvalue weighted by atomic mass is 9.96. The Bertz CT molecular complexity index is 499. The molecule has 4 heteroatoms. The van der Waals surface area contributed by atoms with Gasteiger partial charge in [-0.2, -0.15) is 0 Å². The normalized spacial score (nSPS) is 20.5. The molecule has 2 rings (SSSR count). The summed E-state index contributed by atoms with van der Waals surface area (Å²) in [6.45, 7) is 9.26. The maximum Gasteiger partial charge on any atom is 0.224 e. The number of nitrogens with one attached hydrogen (secondary N) is 1. The van der Waals surface area contributed by atoms with Gasteiger partial charge in [0, 0.05) is 19.6 Å². The first-order chi connectivity index (χ1) is 11.0. The van der Waals surface area contributed by atoms with Gasteiger partial charge >= 0.3 is 0 Å². The predicted molar refractivity (Wildman–Crippen MR) is 93.3 cm³/mol. The highest BCUT2D eigenvalue weighted by molar-refractivity contribution is 5.78. The van der Waals surface area contributed by atoms with Crippen molar-refractivity contribution < 1.29 is 9.90 Å². The molecule has 1 fully saturated rings. The fourth-order valence-corrected chi connectivity index (χ4v) is 3.21. The fourth-order valence-electron chi connectivity index (χ4n) is 3.21. The van der Waals surface area contributed by atoms with Gasteiger partial charge < -0.3 is 10.4 Å². The summed E-state index contributed by atoms with van der Waals surface area (Å²) < 4.78 is 0. The van der Waals surface area contributed by atoms with E-state index in [-0.39, 0.29) is 11.8 Å². The van der Waals surface area contributed by atoms with Crippen LogP contribution in [0.3, 0.4) is 0 Å². The number of hydrogen-bond acceptors (Lipinski definition) is 3. The summed E-state index contributed by atoms with van der Waals surface area (Å²) in [5, 5.41) is 13.4. The highest BCUT2D eigenvalue weighted by Crippen LogP contribution is 2.22. The van der Waals surface area contributed by atoms with E-state index in [1.165, 1.54) is 5.56 Å². The van der Waals surface area contributed by atoms with Gasteiger partial charge in [-0.05, 0) is 43.4 Å². The van der Waals surface area contributed by atoms with Crippen molar-refractivity contribution in [2.45, 2.75) is 45.6 Å². The topological polar surface area (TPSA) is 52.6 Å². The second-order valence-electron chi connectivity index (χ2n) is 6.83. The van der Waals surface area contributed by atoms with E-state index in [4.69, 9.17) is 0 Å². The Kier molecular flexibility index (Phi) is 6.60. The van der Waals surface area contributed by atoms with E-state index in [9.17, 15) is 9.90 Å². The molecule has 1 saturated heterocycles. The molecule has 23 heavy (non-hydrogen) atoms. The van der Waals surface area contributed by atoms with E-state index in [0.717, 1.165) is 31.5 Å². The van der Waals surface area contributed by atoms with Gasteiger partial charge in [0.15, 0.2) is 0 Å². The van der Waals surface area contributed by atoms with Crippen LogP contribution < -0.4 is 5.32 Å². The third kappa shape index (κ3) is 5.05. The van der Waals surface area contributed by atoms with E-state index >= 15 is 0 Å². The van der Waals surface area contributed by atoms with Crippen molar-refractivity contribution in [1.29, 1.82) is 0 Å². The van der Waals surface area contributed by atoms with Crippen LogP contribution >= 0.6 is 0 Å². The summed E-state index contributed by atoms with van der Waals surface area (Å²) in [5.74, 6) is 0.702. The van der Waals surface area contributed by atoms with Crippen LogP contribution in [-0.4, -0.2) is 42.1 Å². The Morgan fingerprint density at radius 3 is 2.57 bits per heavy atom. The zero-order valence-corrected chi connectivity index (χ0v) is 14.6. The molecule has 0 spiro atoms. The van der Waals surface area contributed by atoms with Gasteiger partial charge in [0.1, 0.15) is 0 Å². The summed E-state index contributed by atoms with van der Waals surface area (Å²) in [6.07, 6.45) is 1.46. The Balaban J connectivity index is 1.91. The molecule has 2 N–H and O–H groups in total. The molecule has 0 saturated carbocycles. The second kappa shape index (κ2) is 8.46. The van der Waals surface area contributed by atoms with E-state index in [0.29, 0.717) is 19.0 Å². The molecule has 1 heterocycles. The van der Waals surface area contributed by atoms with E-state index < -0.39 is 6.10 Å². The Morgan fingerprint density at radius 1 is 1.30 bits per heavy atom. The smallest absolute Gasteiger partial charge is 0.224 e. The van der Waals surface area contributed by atoms with Crippen LogP contribution in [0.4, 0.5) is 0 Å². The maximum absolute atomic E-state index is 12.0. The molecule has 1 aromatic rings. The molecule has 0 aromatic heterocycles. The molecule has 0 radical (unpaired) electrons. The maximum atomic E-state index is 12.0. The van der Waals surface area contributed by atoms with Gasteiger partial charge in [0.2, 0.25) is 5.91 Å². The summed E-state index contributed by atoms with van der Waals surface area (Å²) in [5.41, 5.74) is 2.24. The first-order valence-corrected chi connectivity index (χ1v) is 8.79. The monoisotopic (exact) mass is 318 g/mol. The van der Waals surface area contributed by atoms with Crippen LogP contribution in [0.2, 0.25) is 0 Å². The summed E-state index contributed by atoms with van der Waals surface area (Å²) in [6, 6.07) is 8.23. The van der Waals surface area contributed by atoms with Crippen molar-refractivity contribution in [3.8, 4) is 0 Å². The fraction of sp³-hybridized carbons (Fsp3) is 0.632. The van der Waals surface area contributed by atoms with Crippen LogP contribution in [-0.2, 0) is 4.79 Å². The minimum absolute atomic E-state index is 0.0548. The van der Waals surface area contributed by atoms with Gasteiger partial charge in [-0.3, -0.25) is 9.69 Å². The van der Waals surface area contributed by atoms with E-state index in [1.54, 1.807) is 0 Å². The molecule has 1 aliphatic rings. The number of benzene rings is 1. The number of hydrogen-bond donors (Lipinski definition) is 2. The SMILES string of the molecule is CCNC(=O)[C@H]1CCCN(C[C@H](O)c2ccc(C(C)C)cc2)C1. The van der Waals surface area contributed by atoms with E-state index in [1.807, 2.05) is 19.1 Å². The number of rotatable bonds is 6. The second-order valence-corrected chi connectivity index (χ2v) is 6.83. The van der Waals surface area contributed by atoms with Gasteiger partial charge in [0.05, 0.1) is 12.0 Å². The lowest BCUT2D eigenvalue weighted by Crippen LogP contribution is -2.44. The zero-order chi connectivity index (χ0) is 16.8. The molecule has 2 atom stereocenters. The number of piperidine rings is 1. The minimum Gasteiger partial charge on any atom is -0.387 e. The van der Waals surface area contributed by atoms with Crippen molar-refractivity contribution in [2.24, 2.45) is 5.92 Å². The number of likely N-dealkylation sites (tertiary alicyclic amines) is 1. The van der Waals surface area contributed by atoms with Crippen molar-refractivity contribution in [1.82, 2.24) is 10.2 Å². The standard InChI is InChI=1S/C19H30N2O2/c1-4-20-19(23)17-6-5-11-21(12-17)13-18(22)16-9-7-15(8-10-16)14(2)3/h7-10,14,17-18,22H,4-6,11-13H2,1-3H3,(H,20,23)/t17-,18-/m0/s1. The molecule has 0 unspecified atom stereocenters. The molecular weight excluding hydrogens is 288 g/mol. The van der Waals surface area contributed by atoms with Crippen molar-refractivity contribution in [3.05, 3.63) is 35.4 Å². The molecule has 0 aliphatic carbocycles.